The van der Waals surface area contributed by atoms with Crippen molar-refractivity contribution in [1.82, 2.24) is 14.8 Å². The van der Waals surface area contributed by atoms with Crippen LogP contribution in [0, 0.1) is 12.1 Å². The van der Waals surface area contributed by atoms with Gasteiger partial charge in [0.2, 0.25) is 0 Å². The van der Waals surface area contributed by atoms with E-state index in [1.54, 1.807) is 0 Å². The number of fused-ring (bicyclic) bond motifs is 4. The molecule has 3 aromatic heterocycles. The topological polar surface area (TPSA) is 53.1 Å². The number of nitrogens with zero attached hydrogens (tertiary/aromatic N) is 3. The van der Waals surface area contributed by atoms with Gasteiger partial charge in [-0.3, -0.25) is 9.67 Å². The summed E-state index contributed by atoms with van der Waals surface area (Å²) in [6.45, 7) is 6.66. The largest absolute Gasteiger partial charge is 2.00 e. The first-order valence-corrected chi connectivity index (χ1v) is 15.0. The number of hydrogen-bond acceptors (Lipinski definition) is 4. The van der Waals surface area contributed by atoms with Crippen LogP contribution in [0.1, 0.15) is 26.3 Å². The number of para-hydroxylation sites is 2. The van der Waals surface area contributed by atoms with Gasteiger partial charge in [-0.1, -0.05) is 92.9 Å². The monoisotopic (exact) mass is 778 g/mol. The molecule has 0 radical (unpaired) electrons. The van der Waals surface area contributed by atoms with E-state index in [9.17, 15) is 0 Å². The normalized spacial score (nSPS) is 11.6. The molecule has 0 saturated heterocycles. The van der Waals surface area contributed by atoms with E-state index in [2.05, 4.69) is 81.4 Å². The molecular weight excluding hydrogens is 750 g/mol. The smallest absolute Gasteiger partial charge is 0.509 e. The molecule has 0 bridgehead atoms. The van der Waals surface area contributed by atoms with Crippen LogP contribution < -0.4 is 4.74 Å². The zero-order valence-corrected chi connectivity index (χ0v) is 27.8. The quantitative estimate of drug-likeness (QED) is 0.163. The summed E-state index contributed by atoms with van der Waals surface area (Å²) in [6.07, 6.45) is 1.90. The summed E-state index contributed by atoms with van der Waals surface area (Å²) < 4.78 is 14.2. The third-order valence-corrected chi connectivity index (χ3v) is 8.16. The van der Waals surface area contributed by atoms with E-state index in [0.29, 0.717) is 11.5 Å². The molecule has 0 aliphatic rings. The first kappa shape index (κ1) is 29.7. The molecule has 226 valence electrons. The second-order valence-corrected chi connectivity index (χ2v) is 12.2. The van der Waals surface area contributed by atoms with Crippen LogP contribution in [0.15, 0.2) is 126 Å². The van der Waals surface area contributed by atoms with Crippen LogP contribution in [0.25, 0.3) is 61.0 Å². The van der Waals surface area contributed by atoms with Gasteiger partial charge in [-0.2, -0.15) is 17.2 Å². The minimum Gasteiger partial charge on any atom is -0.509 e. The molecule has 6 heteroatoms. The summed E-state index contributed by atoms with van der Waals surface area (Å²) in [6, 6.07) is 45.2. The Kier molecular flexibility index (Phi) is 7.58. The molecule has 0 fully saturated rings. The third-order valence-electron chi connectivity index (χ3n) is 8.16. The van der Waals surface area contributed by atoms with Crippen LogP contribution in [0.4, 0.5) is 0 Å². The van der Waals surface area contributed by atoms with Gasteiger partial charge in [-0.15, -0.1) is 24.3 Å². The van der Waals surface area contributed by atoms with E-state index >= 15 is 0 Å². The Morgan fingerprint density at radius 1 is 0.717 bits per heavy atom. The summed E-state index contributed by atoms with van der Waals surface area (Å²) >= 11 is 0. The molecule has 0 atom stereocenters. The van der Waals surface area contributed by atoms with Crippen LogP contribution >= 0.6 is 0 Å². The molecule has 5 aromatic carbocycles. The van der Waals surface area contributed by atoms with Gasteiger partial charge in [0.25, 0.3) is 0 Å². The number of benzene rings is 5. The predicted molar refractivity (Wildman–Crippen MR) is 180 cm³/mol. The van der Waals surface area contributed by atoms with Gasteiger partial charge >= 0.3 is 21.1 Å². The Balaban J connectivity index is 0.00000338. The molecule has 0 saturated carbocycles. The molecule has 0 amide bonds. The van der Waals surface area contributed by atoms with E-state index < -0.39 is 0 Å². The van der Waals surface area contributed by atoms with Gasteiger partial charge in [0.05, 0.1) is 11.2 Å². The van der Waals surface area contributed by atoms with E-state index in [1.165, 1.54) is 5.56 Å². The van der Waals surface area contributed by atoms with E-state index in [-0.39, 0.29) is 26.5 Å². The molecule has 0 aliphatic heterocycles. The van der Waals surface area contributed by atoms with Gasteiger partial charge in [0.15, 0.2) is 0 Å². The van der Waals surface area contributed by atoms with Crippen molar-refractivity contribution < 1.29 is 30.2 Å². The van der Waals surface area contributed by atoms with Crippen molar-refractivity contribution in [2.75, 3.05) is 0 Å². The molecule has 3 heterocycles. The fraction of sp³-hybridized carbons (Fsp3) is 0.100. The Morgan fingerprint density at radius 3 is 2.33 bits per heavy atom. The second-order valence-electron chi connectivity index (χ2n) is 12.2. The fourth-order valence-corrected chi connectivity index (χ4v) is 5.85. The standard InChI is InChI=1S/C40H29N3O2.Pt/c1-40(2,3)26-21-22-41-35(23-26)30-13-4-5-15-33(30)39-34-16-6-8-17-36(34)43(42-39)27-11-10-12-28(24-27)44-29-19-20-32-31-14-7-9-18-37(31)45-38(32)25-29;/h4-18,20-23,25H,1-3H3;/q-2;+2. The van der Waals surface area contributed by atoms with Gasteiger partial charge in [-0.05, 0) is 46.3 Å². The molecule has 0 N–H and O–H groups in total. The van der Waals surface area contributed by atoms with Crippen LogP contribution in [-0.4, -0.2) is 14.8 Å². The van der Waals surface area contributed by atoms with Gasteiger partial charge in [-0.25, -0.2) is 0 Å². The minimum absolute atomic E-state index is 0. The predicted octanol–water partition coefficient (Wildman–Crippen LogP) is 10.3. The molecule has 0 aliphatic carbocycles. The van der Waals surface area contributed by atoms with Crippen molar-refractivity contribution in [3.63, 3.8) is 0 Å². The zero-order valence-electron chi connectivity index (χ0n) is 25.5. The number of hydrogen-bond donors (Lipinski definition) is 0. The van der Waals surface area contributed by atoms with Gasteiger partial charge in [0, 0.05) is 39.8 Å². The summed E-state index contributed by atoms with van der Waals surface area (Å²) in [4.78, 5) is 4.77. The molecule has 0 spiro atoms. The van der Waals surface area contributed by atoms with Crippen LogP contribution in [0.5, 0.6) is 11.5 Å². The Morgan fingerprint density at radius 2 is 1.48 bits per heavy atom. The van der Waals surface area contributed by atoms with Crippen LogP contribution in [-0.2, 0) is 26.5 Å². The Labute approximate surface area is 281 Å². The maximum Gasteiger partial charge on any atom is 2.00 e. The SMILES string of the molecule is CC(C)(C)c1ccnc(-c2ccccc2-c2nn(-c3[c-]c(Oc4[c-]cc5c(c4)oc4ccccc45)ccc3)c3ccccc23)c1.[Pt+2]. The van der Waals surface area contributed by atoms with Crippen LogP contribution in [0.2, 0.25) is 0 Å². The number of rotatable bonds is 5. The second kappa shape index (κ2) is 11.7. The maximum atomic E-state index is 6.24. The fourth-order valence-electron chi connectivity index (χ4n) is 5.85. The van der Waals surface area contributed by atoms with Crippen molar-refractivity contribution in [2.45, 2.75) is 26.2 Å². The number of pyridine rings is 1. The van der Waals surface area contributed by atoms with E-state index in [0.717, 1.165) is 61.0 Å². The first-order chi connectivity index (χ1) is 21.9. The van der Waals surface area contributed by atoms with Crippen molar-refractivity contribution in [3.8, 4) is 39.7 Å². The van der Waals surface area contributed by atoms with Gasteiger partial charge < -0.3 is 9.15 Å². The summed E-state index contributed by atoms with van der Waals surface area (Å²) in [5, 5.41) is 8.29. The Bertz CT molecular complexity index is 2360. The van der Waals surface area contributed by atoms with Crippen molar-refractivity contribution in [3.05, 3.63) is 139 Å². The first-order valence-electron chi connectivity index (χ1n) is 15.0. The Hall–Kier alpha value is -4.99. The minimum atomic E-state index is 0. The molecule has 5 nitrogen and oxygen atoms in total. The summed E-state index contributed by atoms with van der Waals surface area (Å²) in [7, 11) is 0. The molecule has 46 heavy (non-hydrogen) atoms. The average Bonchev–Trinajstić information content (AvgIpc) is 3.63. The number of aromatic nitrogens is 3. The number of ether oxygens (including phenoxy) is 1. The van der Waals surface area contributed by atoms with Crippen molar-refractivity contribution in [1.29, 1.82) is 0 Å². The molecule has 0 unspecified atom stereocenters. The van der Waals surface area contributed by atoms with Gasteiger partial charge in [0.1, 0.15) is 11.3 Å². The van der Waals surface area contributed by atoms with Crippen molar-refractivity contribution in [2.24, 2.45) is 0 Å². The maximum absolute atomic E-state index is 6.24. The average molecular weight is 779 g/mol. The molecular formula is C40H29N3O2Pt. The van der Waals surface area contributed by atoms with Crippen LogP contribution in [0.3, 0.4) is 0 Å². The zero-order chi connectivity index (χ0) is 30.5. The van der Waals surface area contributed by atoms with E-state index in [4.69, 9.17) is 19.2 Å². The summed E-state index contributed by atoms with van der Waals surface area (Å²) in [5.74, 6) is 1.11. The third kappa shape index (κ3) is 5.31. The number of furan rings is 1. The van der Waals surface area contributed by atoms with E-state index in [1.807, 2.05) is 77.6 Å². The molecule has 8 rings (SSSR count). The molecule has 8 aromatic rings. The van der Waals surface area contributed by atoms with Crippen molar-refractivity contribution >= 4 is 32.8 Å². The summed E-state index contributed by atoms with van der Waals surface area (Å²) in [5.41, 5.74) is 8.46.